The number of rotatable bonds is 1. The summed E-state index contributed by atoms with van der Waals surface area (Å²) in [4.78, 5) is 11.3. The summed E-state index contributed by atoms with van der Waals surface area (Å²) in [7, 11) is 0. The van der Waals surface area contributed by atoms with Crippen molar-refractivity contribution < 1.29 is 0 Å². The molecule has 1 aliphatic rings. The summed E-state index contributed by atoms with van der Waals surface area (Å²) < 4.78 is 0.346. The molecule has 1 aromatic heterocycles. The van der Waals surface area contributed by atoms with Crippen LogP contribution >= 0.6 is 12.2 Å². The van der Waals surface area contributed by atoms with Crippen molar-refractivity contribution in [3.8, 4) is 0 Å². The summed E-state index contributed by atoms with van der Waals surface area (Å²) in [6.45, 7) is 6.98. The van der Waals surface area contributed by atoms with E-state index in [-0.39, 0.29) is 0 Å². The van der Waals surface area contributed by atoms with E-state index in [1.54, 1.807) is 0 Å². The normalized spacial score (nSPS) is 25.1. The van der Waals surface area contributed by atoms with Gasteiger partial charge in [-0.3, -0.25) is 0 Å². The molecule has 0 bridgehead atoms. The topological polar surface area (TPSA) is 67.6 Å². The zero-order chi connectivity index (χ0) is 13.3. The maximum Gasteiger partial charge on any atom is 0.224 e. The van der Waals surface area contributed by atoms with Crippen LogP contribution in [-0.4, -0.2) is 15.0 Å². The first-order valence-corrected chi connectivity index (χ1v) is 7.01. The fraction of sp³-hybridized carbons (Fsp3) is 0.769. The van der Waals surface area contributed by atoms with Crippen molar-refractivity contribution in [1.82, 2.24) is 15.0 Å². The molecule has 0 unspecified atom stereocenters. The van der Waals surface area contributed by atoms with E-state index in [1.807, 2.05) is 0 Å². The monoisotopic (exact) mass is 266 g/mol. The fourth-order valence-electron chi connectivity index (χ4n) is 2.84. The second-order valence-corrected chi connectivity index (χ2v) is 6.68. The molecule has 1 aromatic rings. The number of hydrogen-bond acceptors (Lipinski definition) is 4. The van der Waals surface area contributed by atoms with Gasteiger partial charge in [-0.15, -0.1) is 0 Å². The molecule has 0 spiro atoms. The number of nitrogen functional groups attached to an aromatic ring is 1. The molecule has 1 fully saturated rings. The van der Waals surface area contributed by atoms with Crippen molar-refractivity contribution in [3.63, 3.8) is 0 Å². The third kappa shape index (κ3) is 3.07. The largest absolute Gasteiger partial charge is 0.369 e. The standard InChI is InChI=1S/C13H22N4S/c1-13(2,3)9-6-4-8(5-7-9)10-15-11(14)17-12(18)16-10/h8-9H,4-7H2,1-3H3,(H3,14,15,16,17,18). The minimum Gasteiger partial charge on any atom is -0.369 e. The maximum atomic E-state index is 5.69. The quantitative estimate of drug-likeness (QED) is 0.764. The van der Waals surface area contributed by atoms with Crippen LogP contribution in [0.4, 0.5) is 5.95 Å². The molecule has 3 N–H and O–H groups in total. The van der Waals surface area contributed by atoms with Crippen molar-refractivity contribution in [1.29, 1.82) is 0 Å². The van der Waals surface area contributed by atoms with Gasteiger partial charge in [-0.2, -0.15) is 4.98 Å². The lowest BCUT2D eigenvalue weighted by Gasteiger charge is -2.36. The van der Waals surface area contributed by atoms with Gasteiger partial charge in [-0.1, -0.05) is 20.8 Å². The summed E-state index contributed by atoms with van der Waals surface area (Å²) in [6, 6.07) is 0. The van der Waals surface area contributed by atoms with Crippen LogP contribution in [0.15, 0.2) is 0 Å². The first-order valence-electron chi connectivity index (χ1n) is 6.60. The van der Waals surface area contributed by atoms with Crippen LogP contribution in [0.3, 0.4) is 0 Å². The zero-order valence-electron chi connectivity index (χ0n) is 11.4. The molecule has 0 saturated heterocycles. The third-order valence-electron chi connectivity index (χ3n) is 4.03. The van der Waals surface area contributed by atoms with Gasteiger partial charge in [-0.25, -0.2) is 4.98 Å². The fourth-order valence-corrected chi connectivity index (χ4v) is 3.04. The Bertz CT molecular complexity index is 467. The molecule has 2 rings (SSSR count). The van der Waals surface area contributed by atoms with E-state index in [1.165, 1.54) is 12.8 Å². The number of hydrogen-bond donors (Lipinski definition) is 2. The highest BCUT2D eigenvalue weighted by Crippen LogP contribution is 2.42. The van der Waals surface area contributed by atoms with Gasteiger partial charge in [0, 0.05) is 5.92 Å². The Labute approximate surface area is 113 Å². The summed E-state index contributed by atoms with van der Waals surface area (Å²) in [6.07, 6.45) is 4.81. The van der Waals surface area contributed by atoms with Crippen LogP contribution in [-0.2, 0) is 0 Å². The SMILES string of the molecule is CC(C)(C)C1CCC(c2nc(=S)nc(N)[nH]2)CC1. The van der Waals surface area contributed by atoms with Crippen LogP contribution in [0.25, 0.3) is 0 Å². The van der Waals surface area contributed by atoms with Crippen molar-refractivity contribution in [2.45, 2.75) is 52.4 Å². The van der Waals surface area contributed by atoms with E-state index in [0.29, 0.717) is 22.1 Å². The van der Waals surface area contributed by atoms with Crippen LogP contribution in [0, 0.1) is 16.1 Å². The van der Waals surface area contributed by atoms with E-state index >= 15 is 0 Å². The summed E-state index contributed by atoms with van der Waals surface area (Å²) in [5, 5.41) is 0. The summed E-state index contributed by atoms with van der Waals surface area (Å²) in [5.74, 6) is 2.55. The highest BCUT2D eigenvalue weighted by atomic mass is 32.1. The van der Waals surface area contributed by atoms with Crippen molar-refractivity contribution >= 4 is 18.2 Å². The Morgan fingerprint density at radius 2 is 1.78 bits per heavy atom. The number of nitrogens with two attached hydrogens (primary N) is 1. The Morgan fingerprint density at radius 3 is 2.28 bits per heavy atom. The number of nitrogens with one attached hydrogen (secondary N) is 1. The Morgan fingerprint density at radius 1 is 1.17 bits per heavy atom. The minimum absolute atomic E-state index is 0.346. The Balaban J connectivity index is 2.08. The number of H-pyrrole nitrogens is 1. The second kappa shape index (κ2) is 4.96. The average Bonchev–Trinajstić information content (AvgIpc) is 2.27. The molecule has 0 atom stereocenters. The minimum atomic E-state index is 0.346. The van der Waals surface area contributed by atoms with Gasteiger partial charge in [0.15, 0.2) is 0 Å². The van der Waals surface area contributed by atoms with Crippen LogP contribution < -0.4 is 5.73 Å². The predicted molar refractivity (Wildman–Crippen MR) is 75.8 cm³/mol. The molecule has 0 aliphatic heterocycles. The lowest BCUT2D eigenvalue weighted by atomic mass is 9.70. The third-order valence-corrected chi connectivity index (χ3v) is 4.21. The first kappa shape index (κ1) is 13.5. The lowest BCUT2D eigenvalue weighted by molar-refractivity contribution is 0.167. The lowest BCUT2D eigenvalue weighted by Crippen LogP contribution is -2.26. The smallest absolute Gasteiger partial charge is 0.224 e. The van der Waals surface area contributed by atoms with Gasteiger partial charge >= 0.3 is 0 Å². The first-order chi connectivity index (χ1) is 8.36. The average molecular weight is 266 g/mol. The number of aromatic amines is 1. The van der Waals surface area contributed by atoms with E-state index in [2.05, 4.69) is 35.7 Å². The molecule has 1 heterocycles. The van der Waals surface area contributed by atoms with Gasteiger partial charge in [0.25, 0.3) is 0 Å². The highest BCUT2D eigenvalue weighted by Gasteiger charge is 2.31. The molecule has 1 aliphatic carbocycles. The van der Waals surface area contributed by atoms with E-state index in [9.17, 15) is 0 Å². The van der Waals surface area contributed by atoms with Gasteiger partial charge in [0.05, 0.1) is 0 Å². The summed E-state index contributed by atoms with van der Waals surface area (Å²) >= 11 is 5.02. The second-order valence-electron chi connectivity index (χ2n) is 6.32. The van der Waals surface area contributed by atoms with Crippen molar-refractivity contribution in [3.05, 3.63) is 10.6 Å². The van der Waals surface area contributed by atoms with Crippen LogP contribution in [0.2, 0.25) is 0 Å². The maximum absolute atomic E-state index is 5.69. The van der Waals surface area contributed by atoms with E-state index in [4.69, 9.17) is 18.0 Å². The molecule has 18 heavy (non-hydrogen) atoms. The molecule has 1 saturated carbocycles. The molecule has 5 heteroatoms. The van der Waals surface area contributed by atoms with E-state index < -0.39 is 0 Å². The highest BCUT2D eigenvalue weighted by molar-refractivity contribution is 7.71. The van der Waals surface area contributed by atoms with Crippen LogP contribution in [0.1, 0.15) is 58.2 Å². The molecule has 0 aromatic carbocycles. The number of aromatic nitrogens is 3. The molecular formula is C13H22N4S. The number of nitrogens with zero attached hydrogens (tertiary/aromatic N) is 2. The van der Waals surface area contributed by atoms with Gasteiger partial charge < -0.3 is 10.7 Å². The van der Waals surface area contributed by atoms with Gasteiger partial charge in [0.1, 0.15) is 5.82 Å². The molecular weight excluding hydrogens is 244 g/mol. The van der Waals surface area contributed by atoms with Crippen LogP contribution in [0.5, 0.6) is 0 Å². The summed E-state index contributed by atoms with van der Waals surface area (Å²) in [5.41, 5.74) is 6.09. The zero-order valence-corrected chi connectivity index (χ0v) is 12.2. The Hall–Kier alpha value is -0.970. The van der Waals surface area contributed by atoms with Gasteiger partial charge in [0.2, 0.25) is 10.7 Å². The predicted octanol–water partition coefficient (Wildman–Crippen LogP) is 3.44. The number of anilines is 1. The molecule has 0 radical (unpaired) electrons. The molecule has 4 nitrogen and oxygen atoms in total. The van der Waals surface area contributed by atoms with E-state index in [0.717, 1.165) is 24.6 Å². The van der Waals surface area contributed by atoms with Crippen molar-refractivity contribution in [2.24, 2.45) is 11.3 Å². The molecule has 100 valence electrons. The van der Waals surface area contributed by atoms with Gasteiger partial charge in [-0.05, 0) is 49.2 Å². The Kier molecular flexibility index (Phi) is 3.71. The van der Waals surface area contributed by atoms with Crippen molar-refractivity contribution in [2.75, 3.05) is 5.73 Å². The molecule has 0 amide bonds.